The van der Waals surface area contributed by atoms with Gasteiger partial charge in [0, 0.05) is 61.7 Å². The van der Waals surface area contributed by atoms with E-state index in [1.165, 1.54) is 29.2 Å². The van der Waals surface area contributed by atoms with Crippen molar-refractivity contribution in [3.05, 3.63) is 105 Å². The standard InChI is InChI=1S/C37H36N6O4/c1-41-21-28(18-32(37(41)47)40-34-10-8-27(20-39-34)35(45)42-14-11-23(19-38)12-15-42)29-3-2-4-33(31(29)22-44)43-16-13-26-17-25(24-5-6-24)7-9-30(26)36(43)46/h2-4,7-10,17-18,20-21,23-24,44H,5-6,11-16,22H2,1H3,(H,39,40). The van der Waals surface area contributed by atoms with Crippen LogP contribution in [0.5, 0.6) is 0 Å². The average Bonchev–Trinajstić information content (AvgIpc) is 3.96. The van der Waals surface area contributed by atoms with Crippen LogP contribution < -0.4 is 15.8 Å². The third-order valence-corrected chi connectivity index (χ3v) is 9.59. The minimum absolute atomic E-state index is 0.0112. The van der Waals surface area contributed by atoms with Crippen molar-refractivity contribution >= 4 is 29.0 Å². The molecule has 0 radical (unpaired) electrons. The number of rotatable bonds is 7. The van der Waals surface area contributed by atoms with E-state index in [0.29, 0.717) is 77.7 Å². The number of aryl methyl sites for hydroxylation is 1. The van der Waals surface area contributed by atoms with Gasteiger partial charge in [-0.2, -0.15) is 5.26 Å². The van der Waals surface area contributed by atoms with Crippen molar-refractivity contribution in [1.29, 1.82) is 5.26 Å². The highest BCUT2D eigenvalue weighted by Crippen LogP contribution is 2.41. The maximum atomic E-state index is 13.7. The highest BCUT2D eigenvalue weighted by Gasteiger charge is 2.30. The number of aliphatic hydroxyl groups is 1. The van der Waals surface area contributed by atoms with Gasteiger partial charge in [0.25, 0.3) is 17.4 Å². The van der Waals surface area contributed by atoms with Gasteiger partial charge in [0.1, 0.15) is 11.5 Å². The van der Waals surface area contributed by atoms with E-state index >= 15 is 0 Å². The largest absolute Gasteiger partial charge is 0.392 e. The Morgan fingerprint density at radius 2 is 1.83 bits per heavy atom. The summed E-state index contributed by atoms with van der Waals surface area (Å²) in [5, 5.41) is 22.9. The number of nitrogens with zero attached hydrogens (tertiary/aromatic N) is 5. The van der Waals surface area contributed by atoms with E-state index in [9.17, 15) is 19.5 Å². The molecule has 1 saturated carbocycles. The van der Waals surface area contributed by atoms with E-state index in [0.717, 1.165) is 12.0 Å². The monoisotopic (exact) mass is 628 g/mol. The van der Waals surface area contributed by atoms with Gasteiger partial charge in [-0.1, -0.05) is 24.3 Å². The first-order chi connectivity index (χ1) is 22.8. The van der Waals surface area contributed by atoms with Crippen LogP contribution in [0.1, 0.15) is 69.0 Å². The van der Waals surface area contributed by atoms with Crippen LogP contribution >= 0.6 is 0 Å². The Bertz CT molecular complexity index is 1970. The number of hydrogen-bond donors (Lipinski definition) is 2. The number of amides is 2. The van der Waals surface area contributed by atoms with Crippen LogP contribution in [0.25, 0.3) is 11.1 Å². The van der Waals surface area contributed by atoms with E-state index in [2.05, 4.69) is 28.5 Å². The number of nitriles is 1. The van der Waals surface area contributed by atoms with Crippen molar-refractivity contribution in [1.82, 2.24) is 14.5 Å². The van der Waals surface area contributed by atoms with Crippen LogP contribution in [0.2, 0.25) is 0 Å². The molecular formula is C37H36N6O4. The number of hydrogen-bond acceptors (Lipinski definition) is 7. The Labute approximate surface area is 272 Å². The van der Waals surface area contributed by atoms with Gasteiger partial charge < -0.3 is 24.8 Å². The van der Waals surface area contributed by atoms with E-state index < -0.39 is 0 Å². The molecule has 0 spiro atoms. The molecule has 0 bridgehead atoms. The molecule has 7 rings (SSSR count). The summed E-state index contributed by atoms with van der Waals surface area (Å²) in [7, 11) is 1.66. The Kier molecular flexibility index (Phi) is 8.08. The third-order valence-electron chi connectivity index (χ3n) is 9.59. The Hall–Kier alpha value is -5.27. The number of piperidine rings is 1. The SMILES string of the molecule is Cn1cc(-c2cccc(N3CCc4cc(C5CC5)ccc4C3=O)c2CO)cc(Nc2ccc(C(=O)N3CCC(C#N)CC3)cn2)c1=O. The van der Waals surface area contributed by atoms with Gasteiger partial charge in [0.05, 0.1) is 23.9 Å². The van der Waals surface area contributed by atoms with Gasteiger partial charge in [-0.05, 0) is 85.0 Å². The number of carbonyl (C=O) groups is 2. The summed E-state index contributed by atoms with van der Waals surface area (Å²) >= 11 is 0. The van der Waals surface area contributed by atoms with Crippen LogP contribution in [0, 0.1) is 17.2 Å². The fraction of sp³-hybridized carbons (Fsp3) is 0.324. The number of fused-ring (bicyclic) bond motifs is 1. The molecule has 0 atom stereocenters. The fourth-order valence-corrected chi connectivity index (χ4v) is 6.75. The predicted molar refractivity (Wildman–Crippen MR) is 179 cm³/mol. The first kappa shape index (κ1) is 30.4. The number of nitrogens with one attached hydrogen (secondary N) is 1. The van der Waals surface area contributed by atoms with Crippen molar-refractivity contribution in [3.63, 3.8) is 0 Å². The van der Waals surface area contributed by atoms with Crippen molar-refractivity contribution < 1.29 is 14.7 Å². The molecule has 10 nitrogen and oxygen atoms in total. The molecule has 0 unspecified atom stereocenters. The van der Waals surface area contributed by atoms with Crippen LogP contribution in [0.3, 0.4) is 0 Å². The minimum atomic E-state index is -0.292. The molecule has 2 amide bonds. The van der Waals surface area contributed by atoms with Gasteiger partial charge in [0.15, 0.2) is 0 Å². The second-order valence-corrected chi connectivity index (χ2v) is 12.7. The lowest BCUT2D eigenvalue weighted by Gasteiger charge is -2.31. The van der Waals surface area contributed by atoms with Crippen molar-refractivity contribution in [2.75, 3.05) is 29.9 Å². The number of aliphatic hydroxyl groups excluding tert-OH is 1. The van der Waals surface area contributed by atoms with E-state index in [1.54, 1.807) is 41.2 Å². The van der Waals surface area contributed by atoms with Gasteiger partial charge in [-0.15, -0.1) is 0 Å². The smallest absolute Gasteiger partial charge is 0.274 e. The zero-order chi connectivity index (χ0) is 32.7. The maximum Gasteiger partial charge on any atom is 0.274 e. The number of pyridine rings is 2. The van der Waals surface area contributed by atoms with Crippen LogP contribution in [0.15, 0.2) is 71.8 Å². The molecule has 1 aliphatic carbocycles. The van der Waals surface area contributed by atoms with Gasteiger partial charge in [0.2, 0.25) is 0 Å². The third kappa shape index (κ3) is 5.90. The highest BCUT2D eigenvalue weighted by molar-refractivity contribution is 6.09. The topological polar surface area (TPSA) is 132 Å². The molecule has 2 aliphatic heterocycles. The lowest BCUT2D eigenvalue weighted by atomic mass is 9.93. The summed E-state index contributed by atoms with van der Waals surface area (Å²) in [6.45, 7) is 1.30. The highest BCUT2D eigenvalue weighted by atomic mass is 16.3. The van der Waals surface area contributed by atoms with Crippen molar-refractivity contribution in [2.45, 2.75) is 44.6 Å². The molecule has 2 fully saturated rings. The average molecular weight is 629 g/mol. The molecule has 3 aliphatic rings. The Morgan fingerprint density at radius 3 is 2.53 bits per heavy atom. The second kappa shape index (κ2) is 12.5. The Morgan fingerprint density at radius 1 is 1.02 bits per heavy atom. The lowest BCUT2D eigenvalue weighted by molar-refractivity contribution is 0.0706. The number of anilines is 3. The van der Waals surface area contributed by atoms with Gasteiger partial charge in [-0.3, -0.25) is 14.4 Å². The normalized spacial score (nSPS) is 16.5. The summed E-state index contributed by atoms with van der Waals surface area (Å²) < 4.78 is 1.47. The number of carbonyl (C=O) groups excluding carboxylic acids is 2. The van der Waals surface area contributed by atoms with Gasteiger partial charge in [-0.25, -0.2) is 4.98 Å². The zero-order valence-electron chi connectivity index (χ0n) is 26.3. The maximum absolute atomic E-state index is 13.7. The molecule has 238 valence electrons. The molecule has 47 heavy (non-hydrogen) atoms. The lowest BCUT2D eigenvalue weighted by Crippen LogP contribution is -2.38. The number of benzene rings is 2. The molecule has 2 aromatic carbocycles. The van der Waals surface area contributed by atoms with E-state index in [1.807, 2.05) is 24.3 Å². The molecule has 4 aromatic rings. The van der Waals surface area contributed by atoms with E-state index in [4.69, 9.17) is 5.26 Å². The van der Waals surface area contributed by atoms with Crippen LogP contribution in [0.4, 0.5) is 17.2 Å². The second-order valence-electron chi connectivity index (χ2n) is 12.7. The first-order valence-corrected chi connectivity index (χ1v) is 16.1. The summed E-state index contributed by atoms with van der Waals surface area (Å²) in [6, 6.07) is 19.1. The number of likely N-dealkylation sites (tertiary alicyclic amines) is 1. The summed E-state index contributed by atoms with van der Waals surface area (Å²) in [5.41, 5.74) is 6.18. The summed E-state index contributed by atoms with van der Waals surface area (Å²) in [4.78, 5) is 47.8. The quantitative estimate of drug-likeness (QED) is 0.290. The minimum Gasteiger partial charge on any atom is -0.392 e. The van der Waals surface area contributed by atoms with Crippen LogP contribution in [-0.4, -0.2) is 51.0 Å². The van der Waals surface area contributed by atoms with E-state index in [-0.39, 0.29) is 35.6 Å². The van der Waals surface area contributed by atoms with Gasteiger partial charge >= 0.3 is 0 Å². The molecular weight excluding hydrogens is 592 g/mol. The van der Waals surface area contributed by atoms with Crippen LogP contribution in [-0.2, 0) is 20.1 Å². The Balaban J connectivity index is 1.13. The molecule has 4 heterocycles. The first-order valence-electron chi connectivity index (χ1n) is 16.1. The molecule has 2 aromatic heterocycles. The van der Waals surface area contributed by atoms with Crippen molar-refractivity contribution in [3.8, 4) is 17.2 Å². The summed E-state index contributed by atoms with van der Waals surface area (Å²) in [5.74, 6) is 0.799. The fourth-order valence-electron chi connectivity index (χ4n) is 6.75. The molecule has 2 N–H and O–H groups in total. The molecule has 1 saturated heterocycles. The van der Waals surface area contributed by atoms with Crippen molar-refractivity contribution in [2.24, 2.45) is 13.0 Å². The summed E-state index contributed by atoms with van der Waals surface area (Å²) in [6.07, 6.45) is 7.69. The number of aromatic nitrogens is 2. The predicted octanol–water partition coefficient (Wildman–Crippen LogP) is 5.14. The zero-order valence-corrected chi connectivity index (χ0v) is 26.3. The molecule has 10 heteroatoms.